The van der Waals surface area contributed by atoms with E-state index in [1.807, 2.05) is 0 Å². The van der Waals surface area contributed by atoms with Gasteiger partial charge in [0.05, 0.1) is 0 Å². The van der Waals surface area contributed by atoms with Gasteiger partial charge in [0, 0.05) is 25.2 Å². The molecule has 4 unspecified atom stereocenters. The number of nitrogens with zero attached hydrogens (tertiary/aromatic N) is 1. The second kappa shape index (κ2) is 5.50. The Morgan fingerprint density at radius 3 is 2.50 bits per heavy atom. The van der Waals surface area contributed by atoms with E-state index in [1.54, 1.807) is 0 Å². The second-order valence-electron chi connectivity index (χ2n) is 6.32. The van der Waals surface area contributed by atoms with Crippen molar-refractivity contribution in [1.29, 1.82) is 0 Å². The molecule has 0 radical (unpaired) electrons. The van der Waals surface area contributed by atoms with Gasteiger partial charge in [-0.15, -0.1) is 0 Å². The number of hydrogen-bond donors (Lipinski definition) is 1. The van der Waals surface area contributed by atoms with Crippen molar-refractivity contribution in [3.8, 4) is 0 Å². The molecule has 2 fully saturated rings. The van der Waals surface area contributed by atoms with Crippen LogP contribution in [0.1, 0.15) is 52.4 Å². The molecule has 1 aliphatic heterocycles. The van der Waals surface area contributed by atoms with Crippen LogP contribution in [0.25, 0.3) is 0 Å². The van der Waals surface area contributed by atoms with Crippen molar-refractivity contribution in [3.63, 3.8) is 0 Å². The minimum absolute atomic E-state index is 0.421. The predicted octanol–water partition coefficient (Wildman–Crippen LogP) is 2.62. The Kier molecular flexibility index (Phi) is 4.26. The summed E-state index contributed by atoms with van der Waals surface area (Å²) < 4.78 is 0. The molecular formula is C14H28N2. The number of hydrogen-bond acceptors (Lipinski definition) is 2. The average molecular weight is 224 g/mol. The van der Waals surface area contributed by atoms with Crippen LogP contribution in [-0.4, -0.2) is 30.1 Å². The van der Waals surface area contributed by atoms with E-state index in [0.29, 0.717) is 6.04 Å². The molecular weight excluding hydrogens is 196 g/mol. The molecule has 94 valence electrons. The summed E-state index contributed by atoms with van der Waals surface area (Å²) in [5.41, 5.74) is 6.15. The Labute approximate surface area is 101 Å². The van der Waals surface area contributed by atoms with Gasteiger partial charge in [-0.1, -0.05) is 26.7 Å². The highest BCUT2D eigenvalue weighted by Crippen LogP contribution is 2.28. The predicted molar refractivity (Wildman–Crippen MR) is 69.4 cm³/mol. The van der Waals surface area contributed by atoms with Gasteiger partial charge in [0.1, 0.15) is 0 Å². The SMILES string of the molecule is CC1CCCC(N2CC(C)CC(N)C2)CC1. The van der Waals surface area contributed by atoms with Gasteiger partial charge in [0.2, 0.25) is 0 Å². The maximum atomic E-state index is 6.15. The molecule has 0 amide bonds. The Hall–Kier alpha value is -0.0800. The van der Waals surface area contributed by atoms with Crippen molar-refractivity contribution in [2.24, 2.45) is 17.6 Å². The summed E-state index contributed by atoms with van der Waals surface area (Å²) in [4.78, 5) is 2.69. The molecule has 0 spiro atoms. The molecule has 1 aliphatic carbocycles. The van der Waals surface area contributed by atoms with Crippen LogP contribution in [0, 0.1) is 11.8 Å². The molecule has 0 aromatic rings. The highest BCUT2D eigenvalue weighted by Gasteiger charge is 2.28. The van der Waals surface area contributed by atoms with Gasteiger partial charge < -0.3 is 5.73 Å². The summed E-state index contributed by atoms with van der Waals surface area (Å²) in [5, 5.41) is 0. The van der Waals surface area contributed by atoms with Crippen LogP contribution >= 0.6 is 0 Å². The molecule has 16 heavy (non-hydrogen) atoms. The molecule has 2 rings (SSSR count). The maximum Gasteiger partial charge on any atom is 0.0170 e. The van der Waals surface area contributed by atoms with Gasteiger partial charge in [-0.05, 0) is 37.5 Å². The monoisotopic (exact) mass is 224 g/mol. The summed E-state index contributed by atoms with van der Waals surface area (Å²) in [7, 11) is 0. The molecule has 0 aromatic carbocycles. The summed E-state index contributed by atoms with van der Waals surface area (Å²) in [6.07, 6.45) is 8.31. The van der Waals surface area contributed by atoms with Gasteiger partial charge in [-0.3, -0.25) is 4.90 Å². The van der Waals surface area contributed by atoms with Crippen LogP contribution in [0.2, 0.25) is 0 Å². The van der Waals surface area contributed by atoms with Gasteiger partial charge >= 0.3 is 0 Å². The molecule has 1 heterocycles. The summed E-state index contributed by atoms with van der Waals surface area (Å²) in [6, 6.07) is 1.25. The van der Waals surface area contributed by atoms with Crippen LogP contribution in [0.15, 0.2) is 0 Å². The van der Waals surface area contributed by atoms with Crippen LogP contribution in [-0.2, 0) is 0 Å². The summed E-state index contributed by atoms with van der Waals surface area (Å²) in [5.74, 6) is 1.74. The molecule has 2 heteroatoms. The quantitative estimate of drug-likeness (QED) is 0.694. The molecule has 0 aromatic heterocycles. The first-order valence-corrected chi connectivity index (χ1v) is 7.14. The smallest absolute Gasteiger partial charge is 0.0170 e. The maximum absolute atomic E-state index is 6.15. The Bertz CT molecular complexity index is 207. The lowest BCUT2D eigenvalue weighted by Crippen LogP contribution is -2.50. The first kappa shape index (κ1) is 12.4. The third-order valence-electron chi connectivity index (χ3n) is 4.46. The van der Waals surface area contributed by atoms with E-state index in [-0.39, 0.29) is 0 Å². The Balaban J connectivity index is 1.90. The van der Waals surface area contributed by atoms with Crippen molar-refractivity contribution < 1.29 is 0 Å². The first-order chi connectivity index (χ1) is 7.65. The molecule has 1 saturated heterocycles. The van der Waals surface area contributed by atoms with E-state index in [2.05, 4.69) is 18.7 Å². The lowest BCUT2D eigenvalue weighted by Gasteiger charge is -2.39. The first-order valence-electron chi connectivity index (χ1n) is 7.14. The van der Waals surface area contributed by atoms with E-state index in [9.17, 15) is 0 Å². The molecule has 4 atom stereocenters. The van der Waals surface area contributed by atoms with E-state index in [1.165, 1.54) is 45.1 Å². The van der Waals surface area contributed by atoms with Crippen LogP contribution < -0.4 is 5.73 Å². The fraction of sp³-hybridized carbons (Fsp3) is 1.00. The fourth-order valence-electron chi connectivity index (χ4n) is 3.57. The normalized spacial score (nSPS) is 42.9. The zero-order valence-corrected chi connectivity index (χ0v) is 11.0. The molecule has 2 aliphatic rings. The van der Waals surface area contributed by atoms with Crippen LogP contribution in [0.5, 0.6) is 0 Å². The number of piperidine rings is 1. The zero-order chi connectivity index (χ0) is 11.5. The molecule has 2 nitrogen and oxygen atoms in total. The van der Waals surface area contributed by atoms with Gasteiger partial charge in [-0.2, -0.15) is 0 Å². The third kappa shape index (κ3) is 3.21. The zero-order valence-electron chi connectivity index (χ0n) is 11.0. The average Bonchev–Trinajstić information content (AvgIpc) is 2.41. The topological polar surface area (TPSA) is 29.3 Å². The van der Waals surface area contributed by atoms with Gasteiger partial charge in [0.15, 0.2) is 0 Å². The Morgan fingerprint density at radius 2 is 1.75 bits per heavy atom. The second-order valence-corrected chi connectivity index (χ2v) is 6.32. The summed E-state index contributed by atoms with van der Waals surface area (Å²) in [6.45, 7) is 7.19. The molecule has 1 saturated carbocycles. The van der Waals surface area contributed by atoms with Crippen molar-refractivity contribution >= 4 is 0 Å². The Morgan fingerprint density at radius 1 is 0.938 bits per heavy atom. The van der Waals surface area contributed by atoms with E-state index in [0.717, 1.165) is 24.4 Å². The van der Waals surface area contributed by atoms with E-state index in [4.69, 9.17) is 5.73 Å². The summed E-state index contributed by atoms with van der Waals surface area (Å²) >= 11 is 0. The standard InChI is InChI=1S/C14H28N2/c1-11-4-3-5-14(7-6-11)16-9-12(2)8-13(15)10-16/h11-14H,3-10,15H2,1-2H3. The van der Waals surface area contributed by atoms with Crippen molar-refractivity contribution in [3.05, 3.63) is 0 Å². The lowest BCUT2D eigenvalue weighted by atomic mass is 9.93. The highest BCUT2D eigenvalue weighted by molar-refractivity contribution is 4.85. The lowest BCUT2D eigenvalue weighted by molar-refractivity contribution is 0.105. The van der Waals surface area contributed by atoms with Crippen molar-refractivity contribution in [2.45, 2.75) is 64.5 Å². The minimum atomic E-state index is 0.421. The molecule has 2 N–H and O–H groups in total. The highest BCUT2D eigenvalue weighted by atomic mass is 15.2. The minimum Gasteiger partial charge on any atom is -0.327 e. The van der Waals surface area contributed by atoms with Gasteiger partial charge in [0.25, 0.3) is 0 Å². The van der Waals surface area contributed by atoms with Crippen molar-refractivity contribution in [2.75, 3.05) is 13.1 Å². The largest absolute Gasteiger partial charge is 0.327 e. The van der Waals surface area contributed by atoms with Crippen LogP contribution in [0.4, 0.5) is 0 Å². The van der Waals surface area contributed by atoms with E-state index >= 15 is 0 Å². The number of rotatable bonds is 1. The fourth-order valence-corrected chi connectivity index (χ4v) is 3.57. The van der Waals surface area contributed by atoms with E-state index < -0.39 is 0 Å². The van der Waals surface area contributed by atoms with Crippen LogP contribution in [0.3, 0.4) is 0 Å². The number of nitrogens with two attached hydrogens (primary N) is 1. The number of likely N-dealkylation sites (tertiary alicyclic amines) is 1. The van der Waals surface area contributed by atoms with Crippen molar-refractivity contribution in [1.82, 2.24) is 4.90 Å². The third-order valence-corrected chi connectivity index (χ3v) is 4.46. The van der Waals surface area contributed by atoms with Gasteiger partial charge in [-0.25, -0.2) is 0 Å². The molecule has 0 bridgehead atoms.